The molecule has 0 unspecified atom stereocenters. The van der Waals surface area contributed by atoms with Gasteiger partial charge in [-0.1, -0.05) is 11.8 Å². The van der Waals surface area contributed by atoms with E-state index in [9.17, 15) is 0 Å². The van der Waals surface area contributed by atoms with Crippen LogP contribution in [0.5, 0.6) is 0 Å². The van der Waals surface area contributed by atoms with Crippen molar-refractivity contribution in [3.05, 3.63) is 6.33 Å². The summed E-state index contributed by atoms with van der Waals surface area (Å²) >= 11 is 5.68. The van der Waals surface area contributed by atoms with Crippen LogP contribution >= 0.6 is 6.34 Å². The van der Waals surface area contributed by atoms with Gasteiger partial charge >= 0.3 is 0 Å². The Morgan fingerprint density at radius 2 is 1.93 bits per heavy atom. The monoisotopic (exact) mass is 248 g/mol. The maximum absolute atomic E-state index is 5.68. The third kappa shape index (κ3) is 2.55. The second-order valence-electron chi connectivity index (χ2n) is 3.62. The summed E-state index contributed by atoms with van der Waals surface area (Å²) in [7, 11) is 7.92. The molecule has 86 valence electrons. The van der Waals surface area contributed by atoms with Gasteiger partial charge in [0.25, 0.3) is 0 Å². The molecule has 0 bridgehead atoms. The number of nitrogen functional groups attached to an aromatic ring is 1. The van der Waals surface area contributed by atoms with Crippen LogP contribution in [-0.2, 0) is 18.1 Å². The number of nitrogens with two attached hydrogens (primary N) is 1. The van der Waals surface area contributed by atoms with Gasteiger partial charge in [0.05, 0.1) is 12.6 Å². The minimum absolute atomic E-state index is 0.410. The van der Waals surface area contributed by atoms with Crippen molar-refractivity contribution in [2.24, 2.45) is 0 Å². The van der Waals surface area contributed by atoms with Crippen molar-refractivity contribution >= 4 is 24.1 Å². The molecule has 0 fully saturated rings. The van der Waals surface area contributed by atoms with Crippen LogP contribution in [0.3, 0.4) is 0 Å². The van der Waals surface area contributed by atoms with Crippen LogP contribution < -0.4 is 5.73 Å². The van der Waals surface area contributed by atoms with Gasteiger partial charge < -0.3 is 5.73 Å². The molecule has 0 aromatic carbocycles. The molecular formula is C7H17N6PS. The number of aromatic nitrogens is 3. The molecule has 0 aliphatic rings. The number of rotatable bonds is 4. The van der Waals surface area contributed by atoms with Crippen LogP contribution in [0.1, 0.15) is 0 Å². The zero-order chi connectivity index (χ0) is 11.6. The third-order valence-electron chi connectivity index (χ3n) is 2.21. The first-order valence-electron chi connectivity index (χ1n) is 4.46. The largest absolute Gasteiger partial charge is 0.368 e. The lowest BCUT2D eigenvalue weighted by Gasteiger charge is -2.34. The van der Waals surface area contributed by atoms with Crippen LogP contribution in [0.2, 0.25) is 0 Å². The van der Waals surface area contributed by atoms with Crippen LogP contribution in [0, 0.1) is 0 Å². The van der Waals surface area contributed by atoms with E-state index in [0.29, 0.717) is 12.2 Å². The molecule has 2 N–H and O–H groups in total. The Kier molecular flexibility index (Phi) is 3.83. The average molecular weight is 248 g/mol. The number of anilines is 1. The predicted octanol–water partition coefficient (Wildman–Crippen LogP) is 0.251. The van der Waals surface area contributed by atoms with Gasteiger partial charge in [-0.05, 0) is 28.2 Å². The first kappa shape index (κ1) is 12.6. The maximum Gasteiger partial charge on any atom is 0.218 e. The van der Waals surface area contributed by atoms with Crippen molar-refractivity contribution in [3.8, 4) is 0 Å². The van der Waals surface area contributed by atoms with E-state index in [1.54, 1.807) is 4.68 Å². The number of hydrogen-bond donors (Lipinski definition) is 1. The first-order chi connectivity index (χ1) is 6.88. The lowest BCUT2D eigenvalue weighted by molar-refractivity contribution is 0.548. The van der Waals surface area contributed by atoms with Gasteiger partial charge in [-0.3, -0.25) is 9.34 Å². The molecule has 0 saturated heterocycles. The third-order valence-corrected chi connectivity index (χ3v) is 7.66. The summed E-state index contributed by atoms with van der Waals surface area (Å²) in [5, 5.41) is 4.05. The lowest BCUT2D eigenvalue weighted by atomic mass is 11.0. The van der Waals surface area contributed by atoms with E-state index in [-0.39, 0.29) is 0 Å². The highest BCUT2D eigenvalue weighted by atomic mass is 32.4. The second-order valence-corrected chi connectivity index (χ2v) is 8.58. The predicted molar refractivity (Wildman–Crippen MR) is 66.1 cm³/mol. The van der Waals surface area contributed by atoms with E-state index >= 15 is 0 Å². The smallest absolute Gasteiger partial charge is 0.218 e. The fourth-order valence-electron chi connectivity index (χ4n) is 1.17. The molecule has 1 rings (SSSR count). The molecule has 0 saturated carbocycles. The van der Waals surface area contributed by atoms with Gasteiger partial charge in [-0.15, -0.1) is 0 Å². The van der Waals surface area contributed by atoms with Crippen LogP contribution in [0.25, 0.3) is 0 Å². The van der Waals surface area contributed by atoms with Crippen molar-refractivity contribution in [2.75, 3.05) is 33.9 Å². The SMILES string of the molecule is CN(C)P(=S)(Cn1ncnc1N)N(C)C. The minimum Gasteiger partial charge on any atom is -0.368 e. The van der Waals surface area contributed by atoms with E-state index in [1.165, 1.54) is 6.33 Å². The minimum atomic E-state index is -1.80. The zero-order valence-electron chi connectivity index (χ0n) is 9.45. The average Bonchev–Trinajstić information content (AvgIpc) is 2.51. The summed E-state index contributed by atoms with van der Waals surface area (Å²) in [4.78, 5) is 3.88. The van der Waals surface area contributed by atoms with Gasteiger partial charge in [-0.2, -0.15) is 5.10 Å². The first-order valence-corrected chi connectivity index (χ1v) is 7.35. The fourth-order valence-corrected chi connectivity index (χ4v) is 3.28. The van der Waals surface area contributed by atoms with Gasteiger partial charge in [0, 0.05) is 0 Å². The van der Waals surface area contributed by atoms with Gasteiger partial charge in [0.15, 0.2) is 0 Å². The highest BCUT2D eigenvalue weighted by Crippen LogP contribution is 2.51. The molecule has 0 aliphatic heterocycles. The van der Waals surface area contributed by atoms with Crippen molar-refractivity contribution in [1.82, 2.24) is 24.1 Å². The van der Waals surface area contributed by atoms with Crippen molar-refractivity contribution in [2.45, 2.75) is 6.29 Å². The highest BCUT2D eigenvalue weighted by Gasteiger charge is 2.24. The topological polar surface area (TPSA) is 63.2 Å². The Morgan fingerprint density at radius 3 is 2.27 bits per heavy atom. The van der Waals surface area contributed by atoms with E-state index in [0.717, 1.165) is 0 Å². The Balaban J connectivity index is 2.96. The molecular weight excluding hydrogens is 231 g/mol. The molecule has 8 heteroatoms. The Hall–Kier alpha value is -0.490. The summed E-state index contributed by atoms with van der Waals surface area (Å²) in [5.74, 6) is 0.410. The molecule has 1 heterocycles. The normalized spacial score (nSPS) is 12.7. The quantitative estimate of drug-likeness (QED) is 0.771. The van der Waals surface area contributed by atoms with Gasteiger partial charge in [0.1, 0.15) is 6.33 Å². The van der Waals surface area contributed by atoms with Crippen LogP contribution in [0.4, 0.5) is 5.95 Å². The van der Waals surface area contributed by atoms with Crippen LogP contribution in [-0.4, -0.2) is 52.3 Å². The van der Waals surface area contributed by atoms with Gasteiger partial charge in [0.2, 0.25) is 5.95 Å². The molecule has 0 amide bonds. The van der Waals surface area contributed by atoms with Crippen molar-refractivity contribution < 1.29 is 0 Å². The Bertz CT molecular complexity index is 361. The molecule has 0 spiro atoms. The zero-order valence-corrected chi connectivity index (χ0v) is 11.2. The lowest BCUT2D eigenvalue weighted by Crippen LogP contribution is -2.24. The second kappa shape index (κ2) is 4.57. The fraction of sp³-hybridized carbons (Fsp3) is 0.714. The van der Waals surface area contributed by atoms with E-state index in [1.807, 2.05) is 28.2 Å². The molecule has 0 atom stereocenters. The van der Waals surface area contributed by atoms with E-state index in [2.05, 4.69) is 19.4 Å². The summed E-state index contributed by atoms with van der Waals surface area (Å²) in [6, 6.07) is 0. The molecule has 1 aromatic heterocycles. The Morgan fingerprint density at radius 1 is 1.40 bits per heavy atom. The number of hydrogen-bond acceptors (Lipinski definition) is 4. The van der Waals surface area contributed by atoms with Crippen LogP contribution in [0.15, 0.2) is 6.33 Å². The molecule has 6 nitrogen and oxygen atoms in total. The van der Waals surface area contributed by atoms with Crippen molar-refractivity contribution in [1.29, 1.82) is 0 Å². The molecule has 0 aliphatic carbocycles. The highest BCUT2D eigenvalue weighted by molar-refractivity contribution is 8.11. The standard InChI is InChI=1S/C7H17N6PS/c1-11(2)14(15,12(3)4)6-13-7(8)9-5-10-13/h5H,6H2,1-4H3,(H2,8,9,10). The Labute approximate surface area is 95.2 Å². The van der Waals surface area contributed by atoms with E-state index < -0.39 is 6.34 Å². The summed E-state index contributed by atoms with van der Waals surface area (Å²) < 4.78 is 5.77. The van der Waals surface area contributed by atoms with Gasteiger partial charge in [-0.25, -0.2) is 9.67 Å². The number of nitrogens with zero attached hydrogens (tertiary/aromatic N) is 5. The van der Waals surface area contributed by atoms with Crippen molar-refractivity contribution in [3.63, 3.8) is 0 Å². The molecule has 1 aromatic rings. The maximum atomic E-state index is 5.68. The summed E-state index contributed by atoms with van der Waals surface area (Å²) in [6.45, 7) is 0. The summed E-state index contributed by atoms with van der Waals surface area (Å²) in [5.41, 5.74) is 5.67. The van der Waals surface area contributed by atoms with E-state index in [4.69, 9.17) is 17.5 Å². The molecule has 15 heavy (non-hydrogen) atoms. The molecule has 0 radical (unpaired) electrons. The summed E-state index contributed by atoms with van der Waals surface area (Å²) in [6.07, 6.45) is 0.252.